The molecule has 0 fully saturated rings. The van der Waals surface area contributed by atoms with Crippen LogP contribution in [-0.4, -0.2) is 0 Å². The fourth-order valence-electron chi connectivity index (χ4n) is 1.80. The van der Waals surface area contributed by atoms with E-state index in [1.807, 2.05) is 0 Å². The van der Waals surface area contributed by atoms with Crippen LogP contribution in [0.5, 0.6) is 0 Å². The lowest BCUT2D eigenvalue weighted by atomic mass is 9.86. The van der Waals surface area contributed by atoms with Crippen LogP contribution < -0.4 is 0 Å². The maximum atomic E-state index is 2.34. The van der Waals surface area contributed by atoms with E-state index in [4.69, 9.17) is 0 Å². The molecular weight excluding hydrogens is 132 g/mol. The molecule has 1 unspecified atom stereocenters. The Morgan fingerprint density at radius 1 is 1.27 bits per heavy atom. The Balaban J connectivity index is 2.34. The fraction of sp³-hybridized carbons (Fsp3) is 0.727. The highest BCUT2D eigenvalue weighted by atomic mass is 14.2. The summed E-state index contributed by atoms with van der Waals surface area (Å²) in [6, 6.07) is 0. The maximum absolute atomic E-state index is 2.34. The van der Waals surface area contributed by atoms with Crippen LogP contribution >= 0.6 is 0 Å². The zero-order valence-electron chi connectivity index (χ0n) is 7.72. The summed E-state index contributed by atoms with van der Waals surface area (Å²) in [7, 11) is 0. The van der Waals surface area contributed by atoms with E-state index in [1.165, 1.54) is 25.7 Å². The van der Waals surface area contributed by atoms with E-state index >= 15 is 0 Å². The molecule has 0 aromatic carbocycles. The van der Waals surface area contributed by atoms with Crippen LogP contribution in [0.15, 0.2) is 12.2 Å². The molecule has 0 aromatic rings. The van der Waals surface area contributed by atoms with Gasteiger partial charge in [0.05, 0.1) is 0 Å². The van der Waals surface area contributed by atoms with Crippen molar-refractivity contribution < 1.29 is 0 Å². The Morgan fingerprint density at radius 2 is 1.82 bits per heavy atom. The molecular formula is C11H19. The molecule has 1 atom stereocenters. The lowest BCUT2D eigenvalue weighted by Crippen LogP contribution is -2.10. The molecule has 0 aromatic heterocycles. The first-order valence-corrected chi connectivity index (χ1v) is 4.79. The predicted octanol–water partition coefficient (Wildman–Crippen LogP) is 3.59. The molecule has 0 spiro atoms. The zero-order valence-corrected chi connectivity index (χ0v) is 7.72. The van der Waals surface area contributed by atoms with Crippen molar-refractivity contribution in [2.24, 2.45) is 11.8 Å². The molecule has 0 nitrogen and oxygen atoms in total. The van der Waals surface area contributed by atoms with E-state index in [2.05, 4.69) is 32.4 Å². The highest BCUT2D eigenvalue weighted by Gasteiger charge is 2.15. The number of hydrogen-bond donors (Lipinski definition) is 0. The second kappa shape index (κ2) is 4.58. The van der Waals surface area contributed by atoms with Crippen molar-refractivity contribution in [2.45, 2.75) is 39.5 Å². The number of rotatable bonds is 2. The lowest BCUT2D eigenvalue weighted by Gasteiger charge is -2.20. The molecule has 1 aliphatic carbocycles. The van der Waals surface area contributed by atoms with Crippen LogP contribution in [-0.2, 0) is 0 Å². The molecule has 0 saturated heterocycles. The molecule has 0 heterocycles. The standard InChI is InChI=1S/C11H19/c1-3-10(2)11-8-6-4-5-7-9-11/h3-5,10-11H,6-9H2,1-2H3. The van der Waals surface area contributed by atoms with E-state index in [0.717, 1.165) is 11.8 Å². The summed E-state index contributed by atoms with van der Waals surface area (Å²) >= 11 is 0. The van der Waals surface area contributed by atoms with Gasteiger partial charge in [-0.15, -0.1) is 0 Å². The van der Waals surface area contributed by atoms with Gasteiger partial charge >= 0.3 is 0 Å². The SMILES string of the molecule is C[CH]C(C)C1CCC=CCC1. The van der Waals surface area contributed by atoms with Crippen molar-refractivity contribution in [1.29, 1.82) is 0 Å². The topological polar surface area (TPSA) is 0 Å². The molecule has 63 valence electrons. The van der Waals surface area contributed by atoms with Crippen molar-refractivity contribution in [3.63, 3.8) is 0 Å². The smallest absolute Gasteiger partial charge is 0.0348 e. The van der Waals surface area contributed by atoms with Gasteiger partial charge in [0.15, 0.2) is 0 Å². The first-order chi connectivity index (χ1) is 5.34. The van der Waals surface area contributed by atoms with E-state index in [-0.39, 0.29) is 0 Å². The second-order valence-electron chi connectivity index (χ2n) is 3.58. The highest BCUT2D eigenvalue weighted by Crippen LogP contribution is 2.27. The molecule has 0 heteroatoms. The van der Waals surface area contributed by atoms with Gasteiger partial charge in [-0.25, -0.2) is 0 Å². The average molecular weight is 151 g/mol. The van der Waals surface area contributed by atoms with E-state index < -0.39 is 0 Å². The van der Waals surface area contributed by atoms with Crippen molar-refractivity contribution >= 4 is 0 Å². The summed E-state index contributed by atoms with van der Waals surface area (Å²) in [6.45, 7) is 4.53. The van der Waals surface area contributed by atoms with Gasteiger partial charge in [-0.2, -0.15) is 0 Å². The number of hydrogen-bond acceptors (Lipinski definition) is 0. The average Bonchev–Trinajstić information content (AvgIpc) is 2.30. The Bertz CT molecular complexity index is 114. The van der Waals surface area contributed by atoms with Crippen LogP contribution in [0, 0.1) is 18.3 Å². The van der Waals surface area contributed by atoms with Gasteiger partial charge in [0, 0.05) is 0 Å². The Hall–Kier alpha value is -0.260. The van der Waals surface area contributed by atoms with Crippen molar-refractivity contribution in [1.82, 2.24) is 0 Å². The molecule has 0 bridgehead atoms. The normalized spacial score (nSPS) is 23.1. The van der Waals surface area contributed by atoms with Gasteiger partial charge in [0.2, 0.25) is 0 Å². The fourth-order valence-corrected chi connectivity index (χ4v) is 1.80. The van der Waals surface area contributed by atoms with E-state index in [0.29, 0.717) is 0 Å². The van der Waals surface area contributed by atoms with Gasteiger partial charge in [-0.05, 0) is 43.9 Å². The van der Waals surface area contributed by atoms with Gasteiger partial charge in [-0.3, -0.25) is 0 Å². The minimum atomic E-state index is 0.815. The van der Waals surface area contributed by atoms with E-state index in [9.17, 15) is 0 Å². The molecule has 0 aliphatic heterocycles. The molecule has 0 N–H and O–H groups in total. The maximum Gasteiger partial charge on any atom is -0.0348 e. The molecule has 0 amide bonds. The third-order valence-corrected chi connectivity index (χ3v) is 2.84. The quantitative estimate of drug-likeness (QED) is 0.529. The third kappa shape index (κ3) is 2.69. The zero-order chi connectivity index (χ0) is 8.10. The predicted molar refractivity (Wildman–Crippen MR) is 50.2 cm³/mol. The van der Waals surface area contributed by atoms with Crippen LogP contribution in [0.25, 0.3) is 0 Å². The van der Waals surface area contributed by atoms with Crippen LogP contribution in [0.1, 0.15) is 39.5 Å². The monoisotopic (exact) mass is 151 g/mol. The first-order valence-electron chi connectivity index (χ1n) is 4.79. The van der Waals surface area contributed by atoms with Gasteiger partial charge in [-0.1, -0.05) is 26.0 Å². The Morgan fingerprint density at radius 3 is 2.27 bits per heavy atom. The summed E-state index contributed by atoms with van der Waals surface area (Å²) in [5.74, 6) is 1.75. The molecule has 0 saturated carbocycles. The molecule has 1 rings (SSSR count). The van der Waals surface area contributed by atoms with Gasteiger partial charge in [0.25, 0.3) is 0 Å². The molecule has 1 radical (unpaired) electrons. The second-order valence-corrected chi connectivity index (χ2v) is 3.58. The van der Waals surface area contributed by atoms with E-state index in [1.54, 1.807) is 0 Å². The third-order valence-electron chi connectivity index (χ3n) is 2.84. The van der Waals surface area contributed by atoms with Crippen molar-refractivity contribution in [2.75, 3.05) is 0 Å². The minimum absolute atomic E-state index is 0.815. The Labute approximate surface area is 70.7 Å². The highest BCUT2D eigenvalue weighted by molar-refractivity contribution is 4.89. The van der Waals surface area contributed by atoms with Gasteiger partial charge < -0.3 is 0 Å². The van der Waals surface area contributed by atoms with Crippen molar-refractivity contribution in [3.8, 4) is 0 Å². The van der Waals surface area contributed by atoms with Crippen LogP contribution in [0.4, 0.5) is 0 Å². The molecule has 11 heavy (non-hydrogen) atoms. The van der Waals surface area contributed by atoms with Gasteiger partial charge in [0.1, 0.15) is 0 Å². The largest absolute Gasteiger partial charge is 0.0885 e. The summed E-state index contributed by atoms with van der Waals surface area (Å²) in [5.41, 5.74) is 0. The minimum Gasteiger partial charge on any atom is -0.0885 e. The summed E-state index contributed by atoms with van der Waals surface area (Å²) < 4.78 is 0. The Kier molecular flexibility index (Phi) is 3.68. The first kappa shape index (κ1) is 8.83. The lowest BCUT2D eigenvalue weighted by molar-refractivity contribution is 0.359. The van der Waals surface area contributed by atoms with Crippen LogP contribution in [0.2, 0.25) is 0 Å². The summed E-state index contributed by atoms with van der Waals surface area (Å²) in [5, 5.41) is 0. The summed E-state index contributed by atoms with van der Waals surface area (Å²) in [4.78, 5) is 0. The summed E-state index contributed by atoms with van der Waals surface area (Å²) in [6.07, 6.45) is 12.4. The molecule has 1 aliphatic rings. The van der Waals surface area contributed by atoms with Crippen LogP contribution in [0.3, 0.4) is 0 Å². The number of allylic oxidation sites excluding steroid dienone is 2. The van der Waals surface area contributed by atoms with Crippen molar-refractivity contribution in [3.05, 3.63) is 18.6 Å².